The third kappa shape index (κ3) is 4.43. The second-order valence-electron chi connectivity index (χ2n) is 6.47. The van der Waals surface area contributed by atoms with Crippen molar-refractivity contribution in [2.75, 3.05) is 6.54 Å². The van der Waals surface area contributed by atoms with Gasteiger partial charge in [0, 0.05) is 12.6 Å². The molecule has 0 aromatic heterocycles. The summed E-state index contributed by atoms with van der Waals surface area (Å²) >= 11 is 0. The van der Waals surface area contributed by atoms with Crippen molar-refractivity contribution in [2.24, 2.45) is 5.92 Å². The van der Waals surface area contributed by atoms with Crippen LogP contribution in [-0.2, 0) is 9.59 Å². The SMILES string of the molecule is CCCNC(=O)C(C)NC(=O)C1CCC2CCCCC2N1. The third-order valence-electron chi connectivity index (χ3n) is 4.77. The van der Waals surface area contributed by atoms with Crippen molar-refractivity contribution in [3.05, 3.63) is 0 Å². The molecule has 0 radical (unpaired) electrons. The highest BCUT2D eigenvalue weighted by Gasteiger charge is 2.34. The number of hydrogen-bond donors (Lipinski definition) is 3. The van der Waals surface area contributed by atoms with E-state index in [4.69, 9.17) is 0 Å². The average Bonchev–Trinajstić information content (AvgIpc) is 2.51. The number of piperidine rings is 1. The summed E-state index contributed by atoms with van der Waals surface area (Å²) < 4.78 is 0. The number of rotatable bonds is 5. The van der Waals surface area contributed by atoms with Crippen molar-refractivity contribution in [1.29, 1.82) is 0 Å². The highest BCUT2D eigenvalue weighted by atomic mass is 16.2. The van der Waals surface area contributed by atoms with E-state index < -0.39 is 6.04 Å². The molecule has 0 aromatic rings. The maximum absolute atomic E-state index is 12.3. The number of nitrogens with one attached hydrogen (secondary N) is 3. The molecule has 2 fully saturated rings. The lowest BCUT2D eigenvalue weighted by atomic mass is 9.77. The zero-order valence-corrected chi connectivity index (χ0v) is 13.3. The molecule has 0 bridgehead atoms. The number of carbonyl (C=O) groups excluding carboxylic acids is 2. The lowest BCUT2D eigenvalue weighted by Crippen LogP contribution is -2.57. The fraction of sp³-hybridized carbons (Fsp3) is 0.875. The van der Waals surface area contributed by atoms with E-state index in [1.54, 1.807) is 6.92 Å². The molecule has 2 rings (SSSR count). The second-order valence-corrected chi connectivity index (χ2v) is 6.47. The lowest BCUT2D eigenvalue weighted by molar-refractivity contribution is -0.130. The lowest BCUT2D eigenvalue weighted by Gasteiger charge is -2.40. The van der Waals surface area contributed by atoms with Crippen molar-refractivity contribution < 1.29 is 9.59 Å². The normalized spacial score (nSPS) is 30.1. The summed E-state index contributed by atoms with van der Waals surface area (Å²) in [4.78, 5) is 24.1. The van der Waals surface area contributed by atoms with Gasteiger partial charge in [-0.15, -0.1) is 0 Å². The van der Waals surface area contributed by atoms with Crippen molar-refractivity contribution in [2.45, 2.75) is 76.9 Å². The van der Waals surface area contributed by atoms with E-state index >= 15 is 0 Å². The van der Waals surface area contributed by atoms with E-state index in [0.29, 0.717) is 12.6 Å². The van der Waals surface area contributed by atoms with Gasteiger partial charge in [-0.25, -0.2) is 0 Å². The molecule has 2 aliphatic rings. The molecule has 0 spiro atoms. The molecule has 4 atom stereocenters. The van der Waals surface area contributed by atoms with Gasteiger partial charge in [-0.3, -0.25) is 9.59 Å². The van der Waals surface area contributed by atoms with E-state index in [2.05, 4.69) is 16.0 Å². The third-order valence-corrected chi connectivity index (χ3v) is 4.77. The second kappa shape index (κ2) is 7.78. The van der Waals surface area contributed by atoms with Crippen LogP contribution in [0.5, 0.6) is 0 Å². The van der Waals surface area contributed by atoms with Crippen LogP contribution in [0.2, 0.25) is 0 Å². The molecule has 2 amide bonds. The highest BCUT2D eigenvalue weighted by Crippen LogP contribution is 2.32. The quantitative estimate of drug-likeness (QED) is 0.716. The first-order valence-corrected chi connectivity index (χ1v) is 8.46. The van der Waals surface area contributed by atoms with Crippen LogP contribution in [0.4, 0.5) is 0 Å². The molecule has 120 valence electrons. The van der Waals surface area contributed by atoms with Gasteiger partial charge in [-0.1, -0.05) is 19.8 Å². The Hall–Kier alpha value is -1.10. The van der Waals surface area contributed by atoms with Crippen molar-refractivity contribution in [1.82, 2.24) is 16.0 Å². The van der Waals surface area contributed by atoms with Crippen LogP contribution in [0.15, 0.2) is 0 Å². The first-order chi connectivity index (χ1) is 10.1. The van der Waals surface area contributed by atoms with E-state index in [9.17, 15) is 9.59 Å². The molecule has 5 nitrogen and oxygen atoms in total. The Morgan fingerprint density at radius 3 is 2.71 bits per heavy atom. The van der Waals surface area contributed by atoms with Gasteiger partial charge >= 0.3 is 0 Å². The first kappa shape index (κ1) is 16.3. The van der Waals surface area contributed by atoms with Crippen LogP contribution in [0.3, 0.4) is 0 Å². The Morgan fingerprint density at radius 1 is 1.19 bits per heavy atom. The van der Waals surface area contributed by atoms with Gasteiger partial charge in [0.1, 0.15) is 6.04 Å². The summed E-state index contributed by atoms with van der Waals surface area (Å²) in [6, 6.07) is -0.104. The summed E-state index contributed by atoms with van der Waals surface area (Å²) in [7, 11) is 0. The highest BCUT2D eigenvalue weighted by molar-refractivity contribution is 5.89. The summed E-state index contributed by atoms with van der Waals surface area (Å²) in [5.74, 6) is 0.614. The van der Waals surface area contributed by atoms with Gasteiger partial charge < -0.3 is 16.0 Å². The largest absolute Gasteiger partial charge is 0.354 e. The summed E-state index contributed by atoms with van der Waals surface area (Å²) in [5.41, 5.74) is 0. The van der Waals surface area contributed by atoms with Gasteiger partial charge in [0.05, 0.1) is 6.04 Å². The van der Waals surface area contributed by atoms with Crippen molar-refractivity contribution in [3.63, 3.8) is 0 Å². The van der Waals surface area contributed by atoms with E-state index in [1.807, 2.05) is 6.92 Å². The molecule has 5 heteroatoms. The minimum Gasteiger partial charge on any atom is -0.354 e. The van der Waals surface area contributed by atoms with Crippen LogP contribution in [0, 0.1) is 5.92 Å². The maximum atomic E-state index is 12.3. The topological polar surface area (TPSA) is 70.2 Å². The van der Waals surface area contributed by atoms with Crippen molar-refractivity contribution >= 4 is 11.8 Å². The van der Waals surface area contributed by atoms with Crippen LogP contribution < -0.4 is 16.0 Å². The molecule has 1 aliphatic carbocycles. The Labute approximate surface area is 127 Å². The fourth-order valence-electron chi connectivity index (χ4n) is 3.48. The molecule has 1 saturated heterocycles. The predicted octanol–water partition coefficient (Wildman–Crippen LogP) is 1.33. The zero-order chi connectivity index (χ0) is 15.2. The predicted molar refractivity (Wildman–Crippen MR) is 82.8 cm³/mol. The van der Waals surface area contributed by atoms with Gasteiger partial charge in [-0.2, -0.15) is 0 Å². The molecule has 1 aliphatic heterocycles. The molecule has 1 saturated carbocycles. The summed E-state index contributed by atoms with van der Waals surface area (Å²) in [6.07, 6.45) is 7.98. The summed E-state index contributed by atoms with van der Waals surface area (Å²) in [5, 5.41) is 9.15. The number of carbonyl (C=O) groups is 2. The van der Waals surface area contributed by atoms with Crippen LogP contribution in [-0.4, -0.2) is 36.5 Å². The number of fused-ring (bicyclic) bond motifs is 1. The van der Waals surface area contributed by atoms with Crippen LogP contribution in [0.1, 0.15) is 58.8 Å². The standard InChI is InChI=1S/C16H29N3O2/c1-3-10-17-15(20)11(2)18-16(21)14-9-8-12-6-4-5-7-13(12)19-14/h11-14,19H,3-10H2,1-2H3,(H,17,20)(H,18,21). The van der Waals surface area contributed by atoms with Gasteiger partial charge in [0.2, 0.25) is 11.8 Å². The van der Waals surface area contributed by atoms with Crippen LogP contribution in [0.25, 0.3) is 0 Å². The monoisotopic (exact) mass is 295 g/mol. The Kier molecular flexibility index (Phi) is 6.03. The molecular weight excluding hydrogens is 266 g/mol. The molecule has 4 unspecified atom stereocenters. The van der Waals surface area contributed by atoms with Crippen LogP contribution >= 0.6 is 0 Å². The zero-order valence-electron chi connectivity index (χ0n) is 13.3. The molecule has 3 N–H and O–H groups in total. The molecule has 21 heavy (non-hydrogen) atoms. The van der Waals surface area contributed by atoms with E-state index in [0.717, 1.165) is 25.2 Å². The number of amides is 2. The minimum atomic E-state index is -0.463. The van der Waals surface area contributed by atoms with Gasteiger partial charge in [-0.05, 0) is 44.9 Å². The van der Waals surface area contributed by atoms with E-state index in [1.165, 1.54) is 25.7 Å². The molecule has 1 heterocycles. The smallest absolute Gasteiger partial charge is 0.242 e. The van der Waals surface area contributed by atoms with Gasteiger partial charge in [0.15, 0.2) is 0 Å². The van der Waals surface area contributed by atoms with Crippen molar-refractivity contribution in [3.8, 4) is 0 Å². The molecular formula is C16H29N3O2. The van der Waals surface area contributed by atoms with Gasteiger partial charge in [0.25, 0.3) is 0 Å². The van der Waals surface area contributed by atoms with E-state index in [-0.39, 0.29) is 17.9 Å². The Morgan fingerprint density at radius 2 is 1.95 bits per heavy atom. The Balaban J connectivity index is 1.79. The Bertz CT molecular complexity index is 373. The minimum absolute atomic E-state index is 0.0295. The maximum Gasteiger partial charge on any atom is 0.242 e. The average molecular weight is 295 g/mol. The first-order valence-electron chi connectivity index (χ1n) is 8.46. The number of hydrogen-bond acceptors (Lipinski definition) is 3. The fourth-order valence-corrected chi connectivity index (χ4v) is 3.48. The summed E-state index contributed by atoms with van der Waals surface area (Å²) in [6.45, 7) is 4.41. The molecule has 0 aromatic carbocycles.